The van der Waals surface area contributed by atoms with E-state index in [1.165, 1.54) is 6.92 Å². The first kappa shape index (κ1) is 9.15. The minimum absolute atomic E-state index is 0.0388. The third kappa shape index (κ3) is 4.07. The van der Waals surface area contributed by atoms with Crippen LogP contribution in [0, 0.1) is 5.92 Å². The van der Waals surface area contributed by atoms with Gasteiger partial charge in [0.25, 0.3) is 0 Å². The molecule has 0 aromatic carbocycles. The molecule has 0 amide bonds. The highest BCUT2D eigenvalue weighted by molar-refractivity contribution is 5.95. The lowest BCUT2D eigenvalue weighted by molar-refractivity contribution is -0.113. The standard InChI is InChI=1S/C9H14O/c1-7(2)5-6-8(3)9(4)10/h5-7H,3H2,1-2,4H3. The Morgan fingerprint density at radius 3 is 2.30 bits per heavy atom. The topological polar surface area (TPSA) is 17.1 Å². The molecule has 0 aliphatic carbocycles. The van der Waals surface area contributed by atoms with Crippen molar-refractivity contribution in [2.24, 2.45) is 5.92 Å². The SMILES string of the molecule is C=C(C=CC(C)C)C(C)=O. The number of ketones is 1. The highest BCUT2D eigenvalue weighted by Crippen LogP contribution is 1.99. The number of hydrogen-bond acceptors (Lipinski definition) is 1. The summed E-state index contributed by atoms with van der Waals surface area (Å²) in [6.07, 6.45) is 3.73. The molecular weight excluding hydrogens is 124 g/mol. The zero-order valence-corrected chi connectivity index (χ0v) is 6.85. The molecule has 0 aromatic heterocycles. The van der Waals surface area contributed by atoms with Crippen LogP contribution in [0.3, 0.4) is 0 Å². The molecule has 10 heavy (non-hydrogen) atoms. The van der Waals surface area contributed by atoms with Crippen LogP contribution < -0.4 is 0 Å². The van der Waals surface area contributed by atoms with Crippen LogP contribution in [-0.4, -0.2) is 5.78 Å². The lowest BCUT2D eigenvalue weighted by atomic mass is 10.1. The molecule has 0 saturated heterocycles. The van der Waals surface area contributed by atoms with Crippen LogP contribution in [0.25, 0.3) is 0 Å². The van der Waals surface area contributed by atoms with E-state index in [1.54, 1.807) is 6.08 Å². The molecular formula is C9H14O. The van der Waals surface area contributed by atoms with Crippen molar-refractivity contribution in [2.75, 3.05) is 0 Å². The molecule has 1 nitrogen and oxygen atoms in total. The van der Waals surface area contributed by atoms with E-state index in [2.05, 4.69) is 20.4 Å². The predicted octanol–water partition coefficient (Wildman–Crippen LogP) is 2.34. The molecule has 0 aliphatic rings. The van der Waals surface area contributed by atoms with Gasteiger partial charge in [-0.25, -0.2) is 0 Å². The molecule has 0 unspecified atom stereocenters. The lowest BCUT2D eigenvalue weighted by Crippen LogP contribution is -1.90. The van der Waals surface area contributed by atoms with Gasteiger partial charge < -0.3 is 0 Å². The summed E-state index contributed by atoms with van der Waals surface area (Å²) in [4.78, 5) is 10.6. The lowest BCUT2D eigenvalue weighted by Gasteiger charge is -1.93. The average molecular weight is 138 g/mol. The minimum Gasteiger partial charge on any atom is -0.295 e. The number of carbonyl (C=O) groups excluding carboxylic acids is 1. The van der Waals surface area contributed by atoms with Crippen molar-refractivity contribution in [3.05, 3.63) is 24.3 Å². The second kappa shape index (κ2) is 4.04. The summed E-state index contributed by atoms with van der Waals surface area (Å²) in [7, 11) is 0. The van der Waals surface area contributed by atoms with Gasteiger partial charge in [0.15, 0.2) is 5.78 Å². The quantitative estimate of drug-likeness (QED) is 0.432. The van der Waals surface area contributed by atoms with E-state index in [4.69, 9.17) is 0 Å². The van der Waals surface area contributed by atoms with Crippen LogP contribution >= 0.6 is 0 Å². The van der Waals surface area contributed by atoms with Gasteiger partial charge in [0.1, 0.15) is 0 Å². The summed E-state index contributed by atoms with van der Waals surface area (Å²) in [6, 6.07) is 0. The van der Waals surface area contributed by atoms with E-state index >= 15 is 0 Å². The second-order valence-corrected chi connectivity index (χ2v) is 2.68. The van der Waals surface area contributed by atoms with Gasteiger partial charge in [0.05, 0.1) is 0 Å². The van der Waals surface area contributed by atoms with Gasteiger partial charge in [0.2, 0.25) is 0 Å². The summed E-state index contributed by atoms with van der Waals surface area (Å²) < 4.78 is 0. The summed E-state index contributed by atoms with van der Waals surface area (Å²) in [5.74, 6) is 0.521. The summed E-state index contributed by atoms with van der Waals surface area (Å²) >= 11 is 0. The molecule has 0 spiro atoms. The highest BCUT2D eigenvalue weighted by Gasteiger charge is 1.93. The van der Waals surface area contributed by atoms with Crippen LogP contribution in [0.2, 0.25) is 0 Å². The van der Waals surface area contributed by atoms with E-state index in [0.717, 1.165) is 0 Å². The van der Waals surface area contributed by atoms with E-state index in [-0.39, 0.29) is 5.78 Å². The normalized spacial score (nSPS) is 10.8. The molecule has 0 rings (SSSR count). The maximum Gasteiger partial charge on any atom is 0.159 e. The monoisotopic (exact) mass is 138 g/mol. The van der Waals surface area contributed by atoms with Gasteiger partial charge >= 0.3 is 0 Å². The summed E-state index contributed by atoms with van der Waals surface area (Å²) in [5, 5.41) is 0. The summed E-state index contributed by atoms with van der Waals surface area (Å²) in [5.41, 5.74) is 0.578. The van der Waals surface area contributed by atoms with E-state index < -0.39 is 0 Å². The number of carbonyl (C=O) groups is 1. The van der Waals surface area contributed by atoms with Gasteiger partial charge in [-0.1, -0.05) is 32.6 Å². The maximum absolute atomic E-state index is 10.6. The molecule has 0 heterocycles. The third-order valence-corrected chi connectivity index (χ3v) is 1.13. The Balaban J connectivity index is 3.91. The third-order valence-electron chi connectivity index (χ3n) is 1.13. The Morgan fingerprint density at radius 1 is 1.50 bits per heavy atom. The van der Waals surface area contributed by atoms with Crippen molar-refractivity contribution in [1.82, 2.24) is 0 Å². The summed E-state index contributed by atoms with van der Waals surface area (Å²) in [6.45, 7) is 9.23. The van der Waals surface area contributed by atoms with Crippen molar-refractivity contribution in [1.29, 1.82) is 0 Å². The Hall–Kier alpha value is -0.850. The largest absolute Gasteiger partial charge is 0.295 e. The number of rotatable bonds is 3. The zero-order valence-electron chi connectivity index (χ0n) is 6.85. The van der Waals surface area contributed by atoms with Crippen LogP contribution in [-0.2, 0) is 4.79 Å². The zero-order chi connectivity index (χ0) is 8.15. The predicted molar refractivity (Wildman–Crippen MR) is 43.8 cm³/mol. The van der Waals surface area contributed by atoms with Crippen LogP contribution in [0.15, 0.2) is 24.3 Å². The molecule has 0 atom stereocenters. The van der Waals surface area contributed by atoms with Crippen molar-refractivity contribution in [3.8, 4) is 0 Å². The molecule has 0 fully saturated rings. The van der Waals surface area contributed by atoms with Gasteiger partial charge in [0, 0.05) is 5.57 Å². The first-order chi connectivity index (χ1) is 4.54. The number of Topliss-reactive ketones (excluding diaryl/α,β-unsaturated/α-hetero) is 1. The first-order valence-electron chi connectivity index (χ1n) is 3.42. The highest BCUT2D eigenvalue weighted by atomic mass is 16.1. The van der Waals surface area contributed by atoms with Crippen LogP contribution in [0.4, 0.5) is 0 Å². The van der Waals surface area contributed by atoms with Gasteiger partial charge in [-0.15, -0.1) is 0 Å². The number of allylic oxidation sites excluding steroid dienone is 3. The van der Waals surface area contributed by atoms with Crippen LogP contribution in [0.1, 0.15) is 20.8 Å². The molecule has 56 valence electrons. The first-order valence-corrected chi connectivity index (χ1v) is 3.42. The fourth-order valence-corrected chi connectivity index (χ4v) is 0.426. The minimum atomic E-state index is 0.0388. The van der Waals surface area contributed by atoms with Gasteiger partial charge in [-0.2, -0.15) is 0 Å². The second-order valence-electron chi connectivity index (χ2n) is 2.68. The Morgan fingerprint density at radius 2 is 2.00 bits per heavy atom. The van der Waals surface area contributed by atoms with Gasteiger partial charge in [-0.3, -0.25) is 4.79 Å². The van der Waals surface area contributed by atoms with E-state index in [0.29, 0.717) is 11.5 Å². The number of hydrogen-bond donors (Lipinski definition) is 0. The van der Waals surface area contributed by atoms with Crippen molar-refractivity contribution in [3.63, 3.8) is 0 Å². The molecule has 0 aliphatic heterocycles. The fourth-order valence-electron chi connectivity index (χ4n) is 0.426. The maximum atomic E-state index is 10.6. The van der Waals surface area contributed by atoms with E-state index in [9.17, 15) is 4.79 Å². The average Bonchev–Trinajstić information content (AvgIpc) is 1.82. The Kier molecular flexibility index (Phi) is 3.70. The molecule has 0 bridgehead atoms. The molecule has 0 saturated carbocycles. The Bertz CT molecular complexity index is 164. The molecule has 1 heteroatoms. The molecule has 0 aromatic rings. The van der Waals surface area contributed by atoms with Crippen molar-refractivity contribution >= 4 is 5.78 Å². The van der Waals surface area contributed by atoms with Gasteiger partial charge in [-0.05, 0) is 12.8 Å². The van der Waals surface area contributed by atoms with Crippen molar-refractivity contribution < 1.29 is 4.79 Å². The van der Waals surface area contributed by atoms with Crippen LogP contribution in [0.5, 0.6) is 0 Å². The smallest absolute Gasteiger partial charge is 0.159 e. The van der Waals surface area contributed by atoms with E-state index in [1.807, 2.05) is 6.08 Å². The fraction of sp³-hybridized carbons (Fsp3) is 0.444. The molecule has 0 N–H and O–H groups in total. The molecule has 0 radical (unpaired) electrons. The Labute approximate surface area is 62.4 Å². The van der Waals surface area contributed by atoms with Crippen molar-refractivity contribution in [2.45, 2.75) is 20.8 Å².